The molecule has 0 saturated carbocycles. The van der Waals surface area contributed by atoms with Crippen LogP contribution in [0.1, 0.15) is 54.1 Å². The predicted molar refractivity (Wildman–Crippen MR) is 145 cm³/mol. The minimum atomic E-state index is -0.374. The first-order valence-electron chi connectivity index (χ1n) is 11.3. The van der Waals surface area contributed by atoms with Gasteiger partial charge in [0.2, 0.25) is 5.91 Å². The maximum absolute atomic E-state index is 12.9. The van der Waals surface area contributed by atoms with Crippen LogP contribution in [0, 0.1) is 19.8 Å². The average Bonchev–Trinajstić information content (AvgIpc) is 3.22. The number of halogens is 2. The molecular weight excluding hydrogens is 550 g/mol. The number of thioether (sulfide) groups is 1. The van der Waals surface area contributed by atoms with Gasteiger partial charge in [0.1, 0.15) is 0 Å². The van der Waals surface area contributed by atoms with Crippen molar-refractivity contribution in [3.05, 3.63) is 68.4 Å². The van der Waals surface area contributed by atoms with Crippen molar-refractivity contribution < 1.29 is 9.59 Å². The Morgan fingerprint density at radius 2 is 1.83 bits per heavy atom. The molecule has 0 aliphatic heterocycles. The zero-order valence-electron chi connectivity index (χ0n) is 20.4. The molecule has 1 heterocycles. The van der Waals surface area contributed by atoms with E-state index in [9.17, 15) is 9.59 Å². The van der Waals surface area contributed by atoms with Gasteiger partial charge in [-0.15, -0.1) is 10.2 Å². The van der Waals surface area contributed by atoms with Crippen molar-refractivity contribution in [1.29, 1.82) is 0 Å². The quantitative estimate of drug-likeness (QED) is 0.296. The van der Waals surface area contributed by atoms with Gasteiger partial charge in [-0.1, -0.05) is 49.3 Å². The van der Waals surface area contributed by atoms with Gasteiger partial charge >= 0.3 is 0 Å². The first-order chi connectivity index (χ1) is 16.6. The summed E-state index contributed by atoms with van der Waals surface area (Å²) >= 11 is 11.0. The Labute approximate surface area is 223 Å². The molecular formula is C25H29BrClN5O2S. The number of anilines is 1. The summed E-state index contributed by atoms with van der Waals surface area (Å²) in [6, 6.07) is 10.5. The van der Waals surface area contributed by atoms with Gasteiger partial charge in [0.15, 0.2) is 11.0 Å². The molecule has 0 saturated heterocycles. The topological polar surface area (TPSA) is 88.9 Å². The van der Waals surface area contributed by atoms with Crippen molar-refractivity contribution in [2.75, 3.05) is 11.1 Å². The molecule has 0 unspecified atom stereocenters. The molecule has 0 spiro atoms. The summed E-state index contributed by atoms with van der Waals surface area (Å²) in [5, 5.41) is 15.7. The van der Waals surface area contributed by atoms with Crippen molar-refractivity contribution in [3.8, 4) is 0 Å². The molecule has 10 heteroatoms. The predicted octanol–water partition coefficient (Wildman–Crippen LogP) is 6.19. The Balaban J connectivity index is 1.73. The standard InChI is InChI=1S/C25H29BrClN5O2S/c1-6-32-23(22(14(2)3)29-24(34)17-9-7-8-10-19(17)27)30-31-25(32)35-13-21(33)28-20-12-16(5)15(4)11-18(20)26/h7-12,14,22H,6,13H2,1-5H3,(H,28,33)(H,29,34)/t22-/m1/s1. The van der Waals surface area contributed by atoms with E-state index in [2.05, 4.69) is 36.8 Å². The second-order valence-electron chi connectivity index (χ2n) is 8.51. The van der Waals surface area contributed by atoms with E-state index in [1.807, 2.05) is 51.3 Å². The van der Waals surface area contributed by atoms with E-state index in [0.717, 1.165) is 21.3 Å². The number of hydrogen-bond acceptors (Lipinski definition) is 5. The highest BCUT2D eigenvalue weighted by Crippen LogP contribution is 2.28. The van der Waals surface area contributed by atoms with Gasteiger partial charge < -0.3 is 15.2 Å². The Morgan fingerprint density at radius 3 is 2.49 bits per heavy atom. The van der Waals surface area contributed by atoms with Gasteiger partial charge in [0.25, 0.3) is 5.91 Å². The molecule has 2 N–H and O–H groups in total. The molecule has 0 radical (unpaired) electrons. The highest BCUT2D eigenvalue weighted by molar-refractivity contribution is 9.10. The molecule has 2 amide bonds. The fraction of sp³-hybridized carbons (Fsp3) is 0.360. The molecule has 2 aromatic carbocycles. The highest BCUT2D eigenvalue weighted by atomic mass is 79.9. The van der Waals surface area contributed by atoms with Crippen molar-refractivity contribution >= 4 is 56.8 Å². The Hall–Kier alpha value is -2.36. The number of aromatic nitrogens is 3. The number of hydrogen-bond donors (Lipinski definition) is 2. The lowest BCUT2D eigenvalue weighted by molar-refractivity contribution is -0.113. The van der Waals surface area contributed by atoms with Crippen molar-refractivity contribution in [3.63, 3.8) is 0 Å². The summed E-state index contributed by atoms with van der Waals surface area (Å²) in [4.78, 5) is 25.5. The van der Waals surface area contributed by atoms with E-state index in [1.54, 1.807) is 24.3 Å². The number of nitrogens with one attached hydrogen (secondary N) is 2. The van der Waals surface area contributed by atoms with Crippen LogP contribution in [0.3, 0.4) is 0 Å². The van der Waals surface area contributed by atoms with Crippen LogP contribution in [0.4, 0.5) is 5.69 Å². The molecule has 186 valence electrons. The van der Waals surface area contributed by atoms with Crippen LogP contribution in [0.5, 0.6) is 0 Å². The van der Waals surface area contributed by atoms with Gasteiger partial charge in [0.05, 0.1) is 28.1 Å². The maximum atomic E-state index is 12.9. The third kappa shape index (κ3) is 6.65. The Bertz CT molecular complexity index is 1230. The van der Waals surface area contributed by atoms with Crippen LogP contribution in [0.25, 0.3) is 0 Å². The number of amides is 2. The van der Waals surface area contributed by atoms with Crippen molar-refractivity contribution in [2.45, 2.75) is 52.4 Å². The largest absolute Gasteiger partial charge is 0.342 e. The van der Waals surface area contributed by atoms with Gasteiger partial charge in [-0.05, 0) is 78.0 Å². The molecule has 35 heavy (non-hydrogen) atoms. The normalized spacial score (nSPS) is 12.0. The lowest BCUT2D eigenvalue weighted by Gasteiger charge is -2.22. The zero-order valence-corrected chi connectivity index (χ0v) is 23.5. The third-order valence-electron chi connectivity index (χ3n) is 5.60. The number of benzene rings is 2. The second kappa shape index (κ2) is 12.1. The third-order valence-corrected chi connectivity index (χ3v) is 7.55. The second-order valence-corrected chi connectivity index (χ2v) is 10.7. The van der Waals surface area contributed by atoms with Gasteiger partial charge in [0, 0.05) is 11.0 Å². The molecule has 1 aromatic heterocycles. The van der Waals surface area contributed by atoms with Gasteiger partial charge in [-0.2, -0.15) is 0 Å². The fourth-order valence-electron chi connectivity index (χ4n) is 3.52. The number of nitrogens with zero attached hydrogens (tertiary/aromatic N) is 3. The first kappa shape index (κ1) is 27.2. The summed E-state index contributed by atoms with van der Waals surface area (Å²) in [5.41, 5.74) is 3.39. The lowest BCUT2D eigenvalue weighted by atomic mass is 10.0. The Kier molecular flexibility index (Phi) is 9.38. The van der Waals surface area contributed by atoms with Crippen molar-refractivity contribution in [1.82, 2.24) is 20.1 Å². The first-order valence-corrected chi connectivity index (χ1v) is 13.5. The summed E-state index contributed by atoms with van der Waals surface area (Å²) in [6.45, 7) is 10.6. The molecule has 0 aliphatic rings. The monoisotopic (exact) mass is 577 g/mol. The van der Waals surface area contributed by atoms with Crippen LogP contribution in [0.2, 0.25) is 5.02 Å². The molecule has 0 fully saturated rings. The maximum Gasteiger partial charge on any atom is 0.253 e. The van der Waals surface area contributed by atoms with Crippen LogP contribution in [-0.2, 0) is 11.3 Å². The van der Waals surface area contributed by atoms with E-state index >= 15 is 0 Å². The summed E-state index contributed by atoms with van der Waals surface area (Å²) in [5.74, 6) is 0.462. The van der Waals surface area contributed by atoms with E-state index in [4.69, 9.17) is 11.6 Å². The molecule has 7 nitrogen and oxygen atoms in total. The van der Waals surface area contributed by atoms with Crippen LogP contribution in [-0.4, -0.2) is 32.3 Å². The molecule has 0 aliphatic carbocycles. The van der Waals surface area contributed by atoms with E-state index in [-0.39, 0.29) is 29.5 Å². The highest BCUT2D eigenvalue weighted by Gasteiger charge is 2.27. The van der Waals surface area contributed by atoms with Crippen molar-refractivity contribution in [2.24, 2.45) is 5.92 Å². The summed E-state index contributed by atoms with van der Waals surface area (Å²) < 4.78 is 2.77. The van der Waals surface area contributed by atoms with Gasteiger partial charge in [-0.3, -0.25) is 9.59 Å². The summed E-state index contributed by atoms with van der Waals surface area (Å²) in [6.07, 6.45) is 0. The fourth-order valence-corrected chi connectivity index (χ4v) is 5.11. The smallest absolute Gasteiger partial charge is 0.253 e. The van der Waals surface area contributed by atoms with E-state index in [0.29, 0.717) is 28.1 Å². The van der Waals surface area contributed by atoms with E-state index in [1.165, 1.54) is 11.8 Å². The van der Waals surface area contributed by atoms with E-state index < -0.39 is 0 Å². The number of carbonyl (C=O) groups excluding carboxylic acids is 2. The van der Waals surface area contributed by atoms with Gasteiger partial charge in [-0.25, -0.2) is 0 Å². The SMILES string of the molecule is CCn1c(SCC(=O)Nc2cc(C)c(C)cc2Br)nnc1[C@H](NC(=O)c1ccccc1Cl)C(C)C. The number of rotatable bonds is 9. The molecule has 0 bridgehead atoms. The Morgan fingerprint density at radius 1 is 1.14 bits per heavy atom. The van der Waals surface area contributed by atoms with Crippen LogP contribution in [0.15, 0.2) is 46.0 Å². The lowest BCUT2D eigenvalue weighted by Crippen LogP contribution is -2.34. The zero-order chi connectivity index (χ0) is 25.7. The average molecular weight is 579 g/mol. The van der Waals surface area contributed by atoms with Crippen LogP contribution < -0.4 is 10.6 Å². The van der Waals surface area contributed by atoms with Crippen LogP contribution >= 0.6 is 39.3 Å². The minimum Gasteiger partial charge on any atom is -0.342 e. The molecule has 1 atom stereocenters. The minimum absolute atomic E-state index is 0.0548. The molecule has 3 rings (SSSR count). The number of carbonyl (C=O) groups is 2. The molecule has 3 aromatic rings. The summed E-state index contributed by atoms with van der Waals surface area (Å²) in [7, 11) is 0. The number of aryl methyl sites for hydroxylation is 2.